The van der Waals surface area contributed by atoms with E-state index in [0.29, 0.717) is 23.1 Å². The average Bonchev–Trinajstić information content (AvgIpc) is 2.32. The normalized spacial score (nSPS) is 10.5. The Morgan fingerprint density at radius 3 is 2.72 bits per heavy atom. The van der Waals surface area contributed by atoms with Crippen LogP contribution in [0.2, 0.25) is 5.02 Å². The number of hydrogen-bond donors (Lipinski definition) is 1. The summed E-state index contributed by atoms with van der Waals surface area (Å²) in [5.74, 6) is 1.26. The van der Waals surface area contributed by atoms with Crippen LogP contribution in [-0.4, -0.2) is 19.8 Å². The van der Waals surface area contributed by atoms with Crippen LogP contribution in [0, 0.1) is 0 Å². The van der Waals surface area contributed by atoms with E-state index in [4.69, 9.17) is 21.1 Å². The van der Waals surface area contributed by atoms with Crippen LogP contribution >= 0.6 is 11.6 Å². The number of halogens is 1. The number of benzene rings is 1. The van der Waals surface area contributed by atoms with Crippen molar-refractivity contribution in [3.63, 3.8) is 0 Å². The van der Waals surface area contributed by atoms with E-state index in [1.165, 1.54) is 0 Å². The van der Waals surface area contributed by atoms with Gasteiger partial charge >= 0.3 is 0 Å². The molecule has 0 aliphatic carbocycles. The Morgan fingerprint density at radius 1 is 1.44 bits per heavy atom. The summed E-state index contributed by atoms with van der Waals surface area (Å²) < 4.78 is 11.0. The summed E-state index contributed by atoms with van der Waals surface area (Å²) in [6, 6.07) is 3.82. The Hall–Kier alpha value is -1.19. The quantitative estimate of drug-likeness (QED) is 0.608. The molecular weight excluding hydrogens is 250 g/mol. The molecule has 0 bridgehead atoms. The number of hydrogen-bond acceptors (Lipinski definition) is 3. The van der Waals surface area contributed by atoms with E-state index >= 15 is 0 Å². The molecule has 0 radical (unpaired) electrons. The van der Waals surface area contributed by atoms with Crippen molar-refractivity contribution < 1.29 is 9.47 Å². The second kappa shape index (κ2) is 7.29. The molecule has 3 nitrogen and oxygen atoms in total. The van der Waals surface area contributed by atoms with Crippen LogP contribution in [0.5, 0.6) is 11.5 Å². The summed E-state index contributed by atoms with van der Waals surface area (Å²) in [6.07, 6.45) is 1.87. The van der Waals surface area contributed by atoms with Crippen molar-refractivity contribution in [1.29, 1.82) is 0 Å². The fourth-order valence-corrected chi connectivity index (χ4v) is 1.82. The van der Waals surface area contributed by atoms with E-state index in [0.717, 1.165) is 12.1 Å². The van der Waals surface area contributed by atoms with E-state index in [1.807, 2.05) is 32.1 Å². The van der Waals surface area contributed by atoms with Crippen LogP contribution in [0.1, 0.15) is 19.4 Å². The molecule has 0 aliphatic heterocycles. The van der Waals surface area contributed by atoms with Gasteiger partial charge in [0.15, 0.2) is 11.5 Å². The average molecular weight is 270 g/mol. The SMILES string of the molecule is C=CCNCc1cc(Cl)c(OC(C)C)c(OC)c1. The molecule has 0 aromatic heterocycles. The van der Waals surface area contributed by atoms with Crippen molar-refractivity contribution in [1.82, 2.24) is 5.32 Å². The van der Waals surface area contributed by atoms with E-state index in [1.54, 1.807) is 7.11 Å². The first-order chi connectivity index (χ1) is 8.58. The second-order valence-corrected chi connectivity index (χ2v) is 4.60. The molecule has 0 spiro atoms. The predicted molar refractivity (Wildman–Crippen MR) is 75.7 cm³/mol. The van der Waals surface area contributed by atoms with E-state index in [2.05, 4.69) is 11.9 Å². The van der Waals surface area contributed by atoms with Gasteiger partial charge < -0.3 is 14.8 Å². The van der Waals surface area contributed by atoms with E-state index < -0.39 is 0 Å². The van der Waals surface area contributed by atoms with Gasteiger partial charge in [-0.05, 0) is 31.5 Å². The zero-order valence-electron chi connectivity index (χ0n) is 11.1. The lowest BCUT2D eigenvalue weighted by atomic mass is 10.2. The summed E-state index contributed by atoms with van der Waals surface area (Å²) in [5, 5.41) is 3.79. The Bertz CT molecular complexity index is 405. The standard InChI is InChI=1S/C14H20ClNO2/c1-5-6-16-9-11-7-12(15)14(18-10(2)3)13(8-11)17-4/h5,7-8,10,16H,1,6,9H2,2-4H3. The monoisotopic (exact) mass is 269 g/mol. The Morgan fingerprint density at radius 2 is 2.17 bits per heavy atom. The third kappa shape index (κ3) is 4.24. The van der Waals surface area contributed by atoms with Gasteiger partial charge in [-0.1, -0.05) is 17.7 Å². The summed E-state index contributed by atoms with van der Waals surface area (Å²) in [7, 11) is 1.61. The van der Waals surface area contributed by atoms with Gasteiger partial charge in [-0.15, -0.1) is 6.58 Å². The highest BCUT2D eigenvalue weighted by atomic mass is 35.5. The minimum Gasteiger partial charge on any atom is -0.493 e. The van der Waals surface area contributed by atoms with Crippen molar-refractivity contribution in [2.75, 3.05) is 13.7 Å². The molecule has 0 fully saturated rings. The molecule has 0 amide bonds. The fraction of sp³-hybridized carbons (Fsp3) is 0.429. The van der Waals surface area contributed by atoms with Crippen LogP contribution in [0.25, 0.3) is 0 Å². The fourth-order valence-electron chi connectivity index (χ4n) is 1.54. The van der Waals surface area contributed by atoms with Crippen molar-refractivity contribution in [3.05, 3.63) is 35.4 Å². The zero-order valence-corrected chi connectivity index (χ0v) is 11.9. The molecule has 0 aliphatic rings. The topological polar surface area (TPSA) is 30.5 Å². The van der Waals surface area contributed by atoms with Gasteiger partial charge in [0.25, 0.3) is 0 Å². The van der Waals surface area contributed by atoms with Crippen molar-refractivity contribution in [2.24, 2.45) is 0 Å². The first-order valence-electron chi connectivity index (χ1n) is 5.93. The molecule has 1 rings (SSSR count). The molecule has 1 N–H and O–H groups in total. The van der Waals surface area contributed by atoms with E-state index in [-0.39, 0.29) is 6.10 Å². The molecular formula is C14H20ClNO2. The number of nitrogens with one attached hydrogen (secondary N) is 1. The molecule has 18 heavy (non-hydrogen) atoms. The molecule has 0 saturated heterocycles. The van der Waals surface area contributed by atoms with Gasteiger partial charge in [0.05, 0.1) is 18.2 Å². The summed E-state index contributed by atoms with van der Waals surface area (Å²) in [6.45, 7) is 9.03. The van der Waals surface area contributed by atoms with Gasteiger partial charge in [0.2, 0.25) is 0 Å². The summed E-state index contributed by atoms with van der Waals surface area (Å²) >= 11 is 6.22. The van der Waals surface area contributed by atoms with E-state index in [9.17, 15) is 0 Å². The van der Waals surface area contributed by atoms with Crippen molar-refractivity contribution >= 4 is 11.6 Å². The van der Waals surface area contributed by atoms with Gasteiger partial charge in [0.1, 0.15) is 0 Å². The van der Waals surface area contributed by atoms with Gasteiger partial charge in [0, 0.05) is 13.1 Å². The maximum Gasteiger partial charge on any atom is 0.180 e. The number of rotatable bonds is 7. The Balaban J connectivity index is 2.91. The maximum atomic E-state index is 6.22. The highest BCUT2D eigenvalue weighted by Crippen LogP contribution is 2.37. The van der Waals surface area contributed by atoms with Gasteiger partial charge in [-0.2, -0.15) is 0 Å². The molecule has 4 heteroatoms. The Kier molecular flexibility index (Phi) is 6.02. The van der Waals surface area contributed by atoms with Crippen LogP contribution in [0.15, 0.2) is 24.8 Å². The second-order valence-electron chi connectivity index (χ2n) is 4.20. The molecule has 100 valence electrons. The lowest BCUT2D eigenvalue weighted by molar-refractivity contribution is 0.230. The Labute approximate surface area is 114 Å². The summed E-state index contributed by atoms with van der Waals surface area (Å²) in [4.78, 5) is 0. The first kappa shape index (κ1) is 14.9. The van der Waals surface area contributed by atoms with Crippen LogP contribution in [0.3, 0.4) is 0 Å². The maximum absolute atomic E-state index is 6.22. The lowest BCUT2D eigenvalue weighted by Crippen LogP contribution is -2.13. The lowest BCUT2D eigenvalue weighted by Gasteiger charge is -2.16. The predicted octanol–water partition coefficient (Wildman–Crippen LogP) is 3.41. The first-order valence-corrected chi connectivity index (χ1v) is 6.31. The van der Waals surface area contributed by atoms with Crippen LogP contribution in [-0.2, 0) is 6.54 Å². The zero-order chi connectivity index (χ0) is 13.5. The third-order valence-corrected chi connectivity index (χ3v) is 2.54. The smallest absolute Gasteiger partial charge is 0.180 e. The van der Waals surface area contributed by atoms with Crippen molar-refractivity contribution in [3.8, 4) is 11.5 Å². The number of methoxy groups -OCH3 is 1. The summed E-state index contributed by atoms with van der Waals surface area (Å²) in [5.41, 5.74) is 1.05. The molecule has 1 aromatic rings. The molecule has 0 atom stereocenters. The molecule has 0 unspecified atom stereocenters. The van der Waals surface area contributed by atoms with Crippen LogP contribution in [0.4, 0.5) is 0 Å². The van der Waals surface area contributed by atoms with Crippen molar-refractivity contribution in [2.45, 2.75) is 26.5 Å². The third-order valence-electron chi connectivity index (χ3n) is 2.26. The molecule has 0 heterocycles. The van der Waals surface area contributed by atoms with Crippen LogP contribution < -0.4 is 14.8 Å². The highest BCUT2D eigenvalue weighted by molar-refractivity contribution is 6.32. The van der Waals surface area contributed by atoms with Gasteiger partial charge in [-0.3, -0.25) is 0 Å². The number of ether oxygens (including phenoxy) is 2. The minimum absolute atomic E-state index is 0.0566. The largest absolute Gasteiger partial charge is 0.493 e. The van der Waals surface area contributed by atoms with Gasteiger partial charge in [-0.25, -0.2) is 0 Å². The minimum atomic E-state index is 0.0566. The molecule has 1 aromatic carbocycles. The highest BCUT2D eigenvalue weighted by Gasteiger charge is 2.13. The molecule has 0 saturated carbocycles.